The number of hydrogen-bond donors (Lipinski definition) is 2. The van der Waals surface area contributed by atoms with E-state index in [1.807, 2.05) is 52.0 Å². The summed E-state index contributed by atoms with van der Waals surface area (Å²) >= 11 is 0. The third kappa shape index (κ3) is 4.65. The number of benzene rings is 1. The van der Waals surface area contributed by atoms with Crippen molar-refractivity contribution < 1.29 is 13.2 Å². The first-order chi connectivity index (χ1) is 14.0. The molecule has 0 aliphatic carbocycles. The van der Waals surface area contributed by atoms with Gasteiger partial charge in [-0.1, -0.05) is 50.6 Å². The van der Waals surface area contributed by atoms with Crippen molar-refractivity contribution in [3.8, 4) is 11.3 Å². The van der Waals surface area contributed by atoms with Crippen LogP contribution in [-0.2, 0) is 15.4 Å². The first-order valence-corrected chi connectivity index (χ1v) is 10.8. The number of rotatable bonds is 4. The molecule has 0 spiro atoms. The van der Waals surface area contributed by atoms with Crippen LogP contribution in [0.2, 0.25) is 0 Å². The number of nitrogen functional groups attached to an aromatic ring is 1. The summed E-state index contributed by atoms with van der Waals surface area (Å²) in [5.41, 5.74) is 8.43. The Morgan fingerprint density at radius 2 is 1.67 bits per heavy atom. The van der Waals surface area contributed by atoms with Gasteiger partial charge in [0, 0.05) is 22.9 Å². The first-order valence-electron chi connectivity index (χ1n) is 9.34. The van der Waals surface area contributed by atoms with Gasteiger partial charge in [-0.15, -0.1) is 0 Å². The number of carbonyl (C=O) groups is 1. The fourth-order valence-corrected chi connectivity index (χ4v) is 3.69. The quantitative estimate of drug-likeness (QED) is 0.663. The van der Waals surface area contributed by atoms with Crippen LogP contribution in [0.5, 0.6) is 0 Å². The molecule has 1 aromatic carbocycles. The summed E-state index contributed by atoms with van der Waals surface area (Å²) in [6.07, 6.45) is 1.10. The van der Waals surface area contributed by atoms with Gasteiger partial charge in [0.25, 0.3) is 15.9 Å². The van der Waals surface area contributed by atoms with Crippen LogP contribution < -0.4 is 10.5 Å². The number of amides is 1. The molecule has 2 heterocycles. The molecular formula is C22H24N4O3S. The zero-order valence-corrected chi connectivity index (χ0v) is 18.1. The van der Waals surface area contributed by atoms with Crippen LogP contribution in [0.25, 0.3) is 11.3 Å². The molecular weight excluding hydrogens is 400 g/mol. The van der Waals surface area contributed by atoms with Crippen molar-refractivity contribution in [2.45, 2.75) is 38.0 Å². The topological polar surface area (TPSA) is 115 Å². The van der Waals surface area contributed by atoms with Gasteiger partial charge in [0.1, 0.15) is 10.7 Å². The minimum Gasteiger partial charge on any atom is -0.384 e. The summed E-state index contributed by atoms with van der Waals surface area (Å²) in [5.74, 6) is -0.584. The Morgan fingerprint density at radius 1 is 1.00 bits per heavy atom. The van der Waals surface area contributed by atoms with Crippen molar-refractivity contribution in [1.82, 2.24) is 14.7 Å². The number of aromatic nitrogens is 2. The van der Waals surface area contributed by atoms with Gasteiger partial charge in [-0.25, -0.2) is 18.1 Å². The molecule has 156 valence electrons. The molecule has 3 rings (SSSR count). The van der Waals surface area contributed by atoms with Crippen molar-refractivity contribution in [2.75, 3.05) is 5.73 Å². The number of sulfonamides is 1. The Labute approximate surface area is 176 Å². The highest BCUT2D eigenvalue weighted by atomic mass is 32.2. The molecule has 0 bridgehead atoms. The number of anilines is 1. The van der Waals surface area contributed by atoms with E-state index >= 15 is 0 Å². The third-order valence-electron chi connectivity index (χ3n) is 4.53. The second kappa shape index (κ2) is 7.87. The SMILES string of the molecule is Cc1ccc(-c2nc(C(C)(C)C)ccc2C(=O)NS(=O)(=O)c2ccc(N)nc2)cc1. The highest BCUT2D eigenvalue weighted by molar-refractivity contribution is 7.90. The molecule has 0 atom stereocenters. The molecule has 1 amide bonds. The Kier molecular flexibility index (Phi) is 5.63. The number of pyridine rings is 2. The molecule has 0 fully saturated rings. The lowest BCUT2D eigenvalue weighted by Crippen LogP contribution is -2.31. The van der Waals surface area contributed by atoms with Gasteiger partial charge in [-0.2, -0.15) is 0 Å². The fourth-order valence-electron chi connectivity index (χ4n) is 2.78. The lowest BCUT2D eigenvalue weighted by atomic mass is 9.90. The molecule has 0 saturated carbocycles. The smallest absolute Gasteiger partial charge is 0.267 e. The van der Waals surface area contributed by atoms with E-state index in [1.165, 1.54) is 12.1 Å². The van der Waals surface area contributed by atoms with Gasteiger partial charge in [-0.05, 0) is 31.2 Å². The molecule has 0 aliphatic heterocycles. The molecule has 0 radical (unpaired) electrons. The van der Waals surface area contributed by atoms with Crippen molar-refractivity contribution in [2.24, 2.45) is 0 Å². The van der Waals surface area contributed by atoms with E-state index in [9.17, 15) is 13.2 Å². The number of carbonyl (C=O) groups excluding carboxylic acids is 1. The van der Waals surface area contributed by atoms with E-state index in [4.69, 9.17) is 10.7 Å². The van der Waals surface area contributed by atoms with Crippen LogP contribution in [-0.4, -0.2) is 24.3 Å². The van der Waals surface area contributed by atoms with Gasteiger partial charge in [0.2, 0.25) is 0 Å². The molecule has 8 heteroatoms. The zero-order chi connectivity index (χ0) is 22.1. The van der Waals surface area contributed by atoms with E-state index in [0.717, 1.165) is 23.0 Å². The molecule has 3 N–H and O–H groups in total. The van der Waals surface area contributed by atoms with Gasteiger partial charge in [-0.3, -0.25) is 9.78 Å². The fraction of sp³-hybridized carbons (Fsp3) is 0.227. The third-order valence-corrected chi connectivity index (χ3v) is 5.85. The van der Waals surface area contributed by atoms with Crippen molar-refractivity contribution in [3.63, 3.8) is 0 Å². The highest BCUT2D eigenvalue weighted by Crippen LogP contribution is 2.28. The lowest BCUT2D eigenvalue weighted by molar-refractivity contribution is 0.0981. The minimum absolute atomic E-state index is 0.152. The predicted molar refractivity (Wildman–Crippen MR) is 116 cm³/mol. The van der Waals surface area contributed by atoms with Crippen LogP contribution in [0.15, 0.2) is 59.6 Å². The maximum atomic E-state index is 12.9. The Balaban J connectivity index is 2.04. The number of hydrogen-bond acceptors (Lipinski definition) is 6. The van der Waals surface area contributed by atoms with Gasteiger partial charge in [0.15, 0.2) is 0 Å². The Morgan fingerprint density at radius 3 is 2.23 bits per heavy atom. The monoisotopic (exact) mass is 424 g/mol. The van der Waals surface area contributed by atoms with E-state index in [-0.39, 0.29) is 21.7 Å². The predicted octanol–water partition coefficient (Wildman–Crippen LogP) is 3.45. The average molecular weight is 425 g/mol. The summed E-state index contributed by atoms with van der Waals surface area (Å²) in [5, 5.41) is 0. The number of nitrogens with zero attached hydrogens (tertiary/aromatic N) is 2. The molecule has 2 aromatic heterocycles. The maximum absolute atomic E-state index is 12.9. The normalized spacial score (nSPS) is 11.9. The van der Waals surface area contributed by atoms with E-state index in [2.05, 4.69) is 9.71 Å². The lowest BCUT2D eigenvalue weighted by Gasteiger charge is -2.20. The number of nitrogens with two attached hydrogens (primary N) is 1. The Bertz CT molecular complexity index is 1180. The second-order valence-electron chi connectivity index (χ2n) is 8.06. The van der Waals surface area contributed by atoms with Crippen LogP contribution >= 0.6 is 0 Å². The van der Waals surface area contributed by atoms with Crippen LogP contribution in [0.1, 0.15) is 42.4 Å². The Hall–Kier alpha value is -3.26. The van der Waals surface area contributed by atoms with Crippen LogP contribution in [0.3, 0.4) is 0 Å². The molecule has 3 aromatic rings. The molecule has 0 unspecified atom stereocenters. The van der Waals surface area contributed by atoms with Crippen molar-refractivity contribution in [1.29, 1.82) is 0 Å². The number of aryl methyl sites for hydroxylation is 1. The maximum Gasteiger partial charge on any atom is 0.267 e. The van der Waals surface area contributed by atoms with E-state index in [0.29, 0.717) is 5.69 Å². The summed E-state index contributed by atoms with van der Waals surface area (Å²) in [6.45, 7) is 8.02. The van der Waals surface area contributed by atoms with Crippen molar-refractivity contribution >= 4 is 21.7 Å². The number of nitrogens with one attached hydrogen (secondary N) is 1. The second-order valence-corrected chi connectivity index (χ2v) is 9.74. The standard InChI is InChI=1S/C22H24N4O3S/c1-14-5-7-15(8-6-14)20-17(10-11-18(25-20)22(2,3)4)21(27)26-30(28,29)16-9-12-19(23)24-13-16/h5-13H,1-4H3,(H2,23,24)(H,26,27). The van der Waals surface area contributed by atoms with Crippen LogP contribution in [0.4, 0.5) is 5.82 Å². The van der Waals surface area contributed by atoms with E-state index < -0.39 is 15.9 Å². The molecule has 30 heavy (non-hydrogen) atoms. The highest BCUT2D eigenvalue weighted by Gasteiger charge is 2.24. The first kappa shape index (κ1) is 21.4. The van der Waals surface area contributed by atoms with Gasteiger partial charge < -0.3 is 5.73 Å². The summed E-state index contributed by atoms with van der Waals surface area (Å²) in [4.78, 5) is 21.3. The molecule has 7 nitrogen and oxygen atoms in total. The summed E-state index contributed by atoms with van der Waals surface area (Å²) in [6, 6.07) is 13.5. The summed E-state index contributed by atoms with van der Waals surface area (Å²) < 4.78 is 27.3. The largest absolute Gasteiger partial charge is 0.384 e. The molecule has 0 aliphatic rings. The van der Waals surface area contributed by atoms with Gasteiger partial charge >= 0.3 is 0 Å². The van der Waals surface area contributed by atoms with Crippen LogP contribution in [0, 0.1) is 6.92 Å². The zero-order valence-electron chi connectivity index (χ0n) is 17.3. The van der Waals surface area contributed by atoms with Gasteiger partial charge in [0.05, 0.1) is 11.3 Å². The molecule has 0 saturated heterocycles. The van der Waals surface area contributed by atoms with Crippen molar-refractivity contribution in [3.05, 3.63) is 71.5 Å². The summed E-state index contributed by atoms with van der Waals surface area (Å²) in [7, 11) is -4.11. The average Bonchev–Trinajstić information content (AvgIpc) is 2.67. The minimum atomic E-state index is -4.11. The van der Waals surface area contributed by atoms with E-state index in [1.54, 1.807) is 12.1 Å².